The monoisotopic (exact) mass is 489 g/mol. The van der Waals surface area contributed by atoms with E-state index < -0.39 is 24.8 Å². The van der Waals surface area contributed by atoms with E-state index in [0.29, 0.717) is 11.3 Å². The first kappa shape index (κ1) is 24.4. The molecule has 168 valence electrons. The summed E-state index contributed by atoms with van der Waals surface area (Å²) >= 11 is 6.23. The number of benzene rings is 2. The molecule has 30 heavy (non-hydrogen) atoms. The smallest absolute Gasteiger partial charge is 0.310 e. The Morgan fingerprint density at radius 1 is 1.13 bits per heavy atom. The molecule has 0 N–H and O–H groups in total. The number of aryl methyl sites for hydroxylation is 1. The number of aliphatic imine (C=N–C) groups is 1. The van der Waals surface area contributed by atoms with E-state index in [1.807, 2.05) is 18.9 Å². The molecule has 0 aliphatic heterocycles. The molecule has 0 bridgehead atoms. The summed E-state index contributed by atoms with van der Waals surface area (Å²) in [5, 5.41) is 0.220. The van der Waals surface area contributed by atoms with Crippen molar-refractivity contribution in [3.8, 4) is 0 Å². The molecule has 0 heterocycles. The zero-order valence-electron chi connectivity index (χ0n) is 16.6. The van der Waals surface area contributed by atoms with Crippen molar-refractivity contribution in [2.45, 2.75) is 23.6 Å². The van der Waals surface area contributed by atoms with Crippen LogP contribution in [0.5, 0.6) is 0 Å². The zero-order valence-corrected chi connectivity index (χ0v) is 19.0. The Kier molecular flexibility index (Phi) is 6.01. The minimum absolute atomic E-state index is 0.129. The average Bonchev–Trinajstić information content (AvgIpc) is 2.59. The molecule has 0 aliphatic rings. The van der Waals surface area contributed by atoms with Gasteiger partial charge in [0.2, 0.25) is 0 Å². The SMILES string of the molecule is CCN(C)/C=N\c1cc(C)c(S(C)(=O)=Nc2ccc(S(F)(F)(F)(F)F)cc2)cc1Cl. The molecule has 12 heteroatoms. The zero-order chi connectivity index (χ0) is 23.0. The van der Waals surface area contributed by atoms with Gasteiger partial charge in [0.1, 0.15) is 4.90 Å². The molecule has 2 aromatic rings. The Morgan fingerprint density at radius 3 is 2.20 bits per heavy atom. The van der Waals surface area contributed by atoms with Crippen LogP contribution in [-0.2, 0) is 9.73 Å². The molecule has 2 rings (SSSR count). The summed E-state index contributed by atoms with van der Waals surface area (Å²) in [6, 6.07) is 5.03. The molecule has 2 aromatic carbocycles. The molecule has 4 nitrogen and oxygen atoms in total. The Morgan fingerprint density at radius 2 is 1.70 bits per heavy atom. The van der Waals surface area contributed by atoms with Crippen LogP contribution in [0.3, 0.4) is 0 Å². The first-order valence-corrected chi connectivity index (χ1v) is 12.8. The van der Waals surface area contributed by atoms with Gasteiger partial charge in [-0.05, 0) is 55.8 Å². The van der Waals surface area contributed by atoms with Gasteiger partial charge in [-0.2, -0.15) is 4.36 Å². The second kappa shape index (κ2) is 7.38. The van der Waals surface area contributed by atoms with Crippen molar-refractivity contribution in [2.75, 3.05) is 19.8 Å². The third-order valence-electron chi connectivity index (χ3n) is 4.11. The van der Waals surface area contributed by atoms with Crippen molar-refractivity contribution in [1.29, 1.82) is 0 Å². The highest BCUT2D eigenvalue weighted by Crippen LogP contribution is 3.02. The molecule has 0 fully saturated rings. The maximum absolute atomic E-state index is 13.1. The minimum Gasteiger partial charge on any atom is -0.366 e. The van der Waals surface area contributed by atoms with E-state index in [-0.39, 0.29) is 27.7 Å². The lowest BCUT2D eigenvalue weighted by Gasteiger charge is -2.40. The average molecular weight is 490 g/mol. The van der Waals surface area contributed by atoms with Crippen molar-refractivity contribution in [2.24, 2.45) is 9.36 Å². The predicted octanol–water partition coefficient (Wildman–Crippen LogP) is 7.71. The van der Waals surface area contributed by atoms with Gasteiger partial charge in [0.25, 0.3) is 0 Å². The van der Waals surface area contributed by atoms with E-state index >= 15 is 0 Å². The van der Waals surface area contributed by atoms with Gasteiger partial charge in [-0.1, -0.05) is 31.0 Å². The van der Waals surface area contributed by atoms with E-state index in [4.69, 9.17) is 11.6 Å². The highest BCUT2D eigenvalue weighted by molar-refractivity contribution is 8.45. The molecular formula is C18H21ClF5N3OS2. The first-order chi connectivity index (χ1) is 13.4. The molecule has 0 aliphatic carbocycles. The van der Waals surface area contributed by atoms with Gasteiger partial charge in [0.05, 0.1) is 37.4 Å². The van der Waals surface area contributed by atoms with Crippen LogP contribution in [0.15, 0.2) is 55.5 Å². The van der Waals surface area contributed by atoms with Crippen molar-refractivity contribution in [3.05, 3.63) is 47.0 Å². The van der Waals surface area contributed by atoms with Crippen LogP contribution in [0, 0.1) is 6.92 Å². The van der Waals surface area contributed by atoms with Crippen LogP contribution in [0.4, 0.5) is 30.8 Å². The van der Waals surface area contributed by atoms with Gasteiger partial charge >= 0.3 is 10.2 Å². The van der Waals surface area contributed by atoms with Crippen LogP contribution >= 0.6 is 21.8 Å². The molecule has 0 amide bonds. The fraction of sp³-hybridized carbons (Fsp3) is 0.278. The van der Waals surface area contributed by atoms with Crippen molar-refractivity contribution < 1.29 is 23.6 Å². The number of nitrogens with zero attached hydrogens (tertiary/aromatic N) is 3. The van der Waals surface area contributed by atoms with Crippen LogP contribution in [0.2, 0.25) is 5.02 Å². The van der Waals surface area contributed by atoms with Crippen molar-refractivity contribution >= 4 is 49.3 Å². The van der Waals surface area contributed by atoms with E-state index in [9.17, 15) is 23.6 Å². The third-order valence-corrected chi connectivity index (χ3v) is 7.39. The van der Waals surface area contributed by atoms with Crippen molar-refractivity contribution in [3.63, 3.8) is 0 Å². The number of halogens is 6. The van der Waals surface area contributed by atoms with Crippen LogP contribution < -0.4 is 0 Å². The summed E-state index contributed by atoms with van der Waals surface area (Å²) in [6.45, 7) is 4.35. The summed E-state index contributed by atoms with van der Waals surface area (Å²) in [7, 11) is -11.1. The quantitative estimate of drug-likeness (QED) is 0.237. The molecule has 1 atom stereocenters. The lowest BCUT2D eigenvalue weighted by atomic mass is 10.2. The molecule has 1 unspecified atom stereocenters. The lowest BCUT2D eigenvalue weighted by Crippen LogP contribution is -2.14. The van der Waals surface area contributed by atoms with Crippen LogP contribution in [-0.4, -0.2) is 35.3 Å². The van der Waals surface area contributed by atoms with Crippen molar-refractivity contribution in [1.82, 2.24) is 4.90 Å². The van der Waals surface area contributed by atoms with Gasteiger partial charge in [0.15, 0.2) is 0 Å². The summed E-state index contributed by atoms with van der Waals surface area (Å²) in [5.74, 6) is 0. The van der Waals surface area contributed by atoms with Gasteiger partial charge < -0.3 is 4.90 Å². The van der Waals surface area contributed by atoms with Gasteiger partial charge in [-0.3, -0.25) is 0 Å². The number of hydrogen-bond donors (Lipinski definition) is 0. The van der Waals surface area contributed by atoms with Crippen LogP contribution in [0.1, 0.15) is 12.5 Å². The topological polar surface area (TPSA) is 45.0 Å². The normalized spacial score (nSPS) is 16.6. The predicted molar refractivity (Wildman–Crippen MR) is 115 cm³/mol. The van der Waals surface area contributed by atoms with Gasteiger partial charge in [-0.15, -0.1) is 0 Å². The summed E-state index contributed by atoms with van der Waals surface area (Å²) in [5.41, 5.74) is 0.884. The van der Waals surface area contributed by atoms with E-state index in [1.54, 1.807) is 19.3 Å². The Bertz CT molecular complexity index is 1110. The molecule has 0 saturated carbocycles. The maximum Gasteiger partial charge on any atom is 0.310 e. The van der Waals surface area contributed by atoms with Gasteiger partial charge in [0, 0.05) is 19.8 Å². The standard InChI is InChI=1S/C18H21ClF5N3OS2/c1-5-27(3)12-25-17-10-13(2)18(11-16(17)19)29(4,28)26-14-6-8-15(9-7-14)30(20,21,22,23)24/h6-12H,5H2,1-4H3/b25-12-. The Labute approximate surface area is 177 Å². The summed E-state index contributed by atoms with van der Waals surface area (Å²) in [4.78, 5) is 4.33. The van der Waals surface area contributed by atoms with E-state index in [0.717, 1.165) is 18.7 Å². The molecule has 0 aromatic heterocycles. The van der Waals surface area contributed by atoms with E-state index in [2.05, 4.69) is 9.36 Å². The number of rotatable bonds is 6. The molecular weight excluding hydrogens is 469 g/mol. The lowest BCUT2D eigenvalue weighted by molar-refractivity contribution is 0.364. The summed E-state index contributed by atoms with van der Waals surface area (Å²) < 4.78 is 81.3. The largest absolute Gasteiger partial charge is 0.366 e. The fourth-order valence-electron chi connectivity index (χ4n) is 2.41. The molecule has 0 radical (unpaired) electrons. The minimum atomic E-state index is -9.78. The van der Waals surface area contributed by atoms with Gasteiger partial charge in [-0.25, -0.2) is 9.20 Å². The van der Waals surface area contributed by atoms with E-state index in [1.165, 1.54) is 12.3 Å². The first-order valence-electron chi connectivity index (χ1n) is 8.54. The Balaban J connectivity index is 2.47. The number of hydrogen-bond acceptors (Lipinski definition) is 3. The second-order valence-electron chi connectivity index (χ2n) is 6.74. The highest BCUT2D eigenvalue weighted by Gasteiger charge is 2.65. The second-order valence-corrected chi connectivity index (χ2v) is 11.8. The summed E-state index contributed by atoms with van der Waals surface area (Å²) in [6.07, 6.45) is 2.88. The third kappa shape index (κ3) is 6.08. The fourth-order valence-corrected chi connectivity index (χ4v) is 4.95. The maximum atomic E-state index is 13.1. The molecule has 0 spiro atoms. The van der Waals surface area contributed by atoms with Crippen LogP contribution in [0.25, 0.3) is 0 Å². The Hall–Kier alpha value is -1.85. The molecule has 0 saturated heterocycles. The highest BCUT2D eigenvalue weighted by atomic mass is 35.5.